The van der Waals surface area contributed by atoms with Crippen LogP contribution in [0, 0.1) is 0 Å². The van der Waals surface area contributed by atoms with Crippen molar-refractivity contribution in [3.63, 3.8) is 0 Å². The van der Waals surface area contributed by atoms with Crippen LogP contribution in [0.1, 0.15) is 0 Å². The van der Waals surface area contributed by atoms with Gasteiger partial charge in [0, 0.05) is 16.6 Å². The lowest BCUT2D eigenvalue weighted by Gasteiger charge is -2.09. The molecule has 2 aromatic rings. The number of carbonyl (C=O) groups is 1. The molecule has 0 radical (unpaired) electrons. The molecule has 0 aliphatic carbocycles. The molecule has 0 fully saturated rings. The van der Waals surface area contributed by atoms with Crippen molar-refractivity contribution in [2.75, 3.05) is 18.2 Å². The zero-order valence-corrected chi connectivity index (χ0v) is 13.6. The van der Waals surface area contributed by atoms with Crippen LogP contribution in [0.2, 0.25) is 10.0 Å². The monoisotopic (exact) mass is 341 g/mol. The highest BCUT2D eigenvalue weighted by molar-refractivity contribution is 7.98. The van der Waals surface area contributed by atoms with E-state index in [1.807, 2.05) is 30.5 Å². The third-order valence-electron chi connectivity index (χ3n) is 2.61. The predicted octanol–water partition coefficient (Wildman–Crippen LogP) is 4.73. The lowest BCUT2D eigenvalue weighted by Crippen LogP contribution is -2.20. The zero-order valence-electron chi connectivity index (χ0n) is 11.2. The Hall–Kier alpha value is -1.36. The summed E-state index contributed by atoms with van der Waals surface area (Å²) in [6, 6.07) is 12.5. The van der Waals surface area contributed by atoms with Crippen LogP contribution in [0.4, 0.5) is 5.69 Å². The second-order valence-corrected chi connectivity index (χ2v) is 5.84. The maximum Gasteiger partial charge on any atom is 0.262 e. The number of rotatable bonds is 5. The van der Waals surface area contributed by atoms with Crippen LogP contribution in [0.3, 0.4) is 0 Å². The van der Waals surface area contributed by atoms with Gasteiger partial charge in [-0.1, -0.05) is 29.3 Å². The van der Waals surface area contributed by atoms with E-state index in [-0.39, 0.29) is 12.5 Å². The zero-order chi connectivity index (χ0) is 15.2. The Morgan fingerprint density at radius 1 is 1.19 bits per heavy atom. The molecule has 0 heterocycles. The van der Waals surface area contributed by atoms with Crippen LogP contribution in [0.5, 0.6) is 5.75 Å². The van der Waals surface area contributed by atoms with Gasteiger partial charge in [-0.05, 0) is 36.6 Å². The third kappa shape index (κ3) is 4.84. The standard InChI is InChI=1S/C15H13Cl2NO2S/c1-21-12-4-2-3-10(7-12)18-15(19)9-20-11-5-6-13(16)14(17)8-11/h2-8H,9H2,1H3,(H,18,19). The molecular formula is C15H13Cl2NO2S. The number of hydrogen-bond acceptors (Lipinski definition) is 3. The fraction of sp³-hybridized carbons (Fsp3) is 0.133. The van der Waals surface area contributed by atoms with Crippen LogP contribution in [0.15, 0.2) is 47.4 Å². The van der Waals surface area contributed by atoms with Crippen molar-refractivity contribution in [2.45, 2.75) is 4.90 Å². The van der Waals surface area contributed by atoms with Crippen molar-refractivity contribution in [3.05, 3.63) is 52.5 Å². The van der Waals surface area contributed by atoms with Crippen molar-refractivity contribution in [3.8, 4) is 5.75 Å². The first kappa shape index (κ1) is 16.0. The summed E-state index contributed by atoms with van der Waals surface area (Å²) in [5, 5.41) is 3.61. The molecule has 2 aromatic carbocycles. The SMILES string of the molecule is CSc1cccc(NC(=O)COc2ccc(Cl)c(Cl)c2)c1. The number of amides is 1. The maximum absolute atomic E-state index is 11.8. The number of thioether (sulfide) groups is 1. The largest absolute Gasteiger partial charge is 0.484 e. The summed E-state index contributed by atoms with van der Waals surface area (Å²) in [7, 11) is 0. The minimum Gasteiger partial charge on any atom is -0.484 e. The first-order valence-corrected chi connectivity index (χ1v) is 8.08. The van der Waals surface area contributed by atoms with E-state index in [9.17, 15) is 4.79 Å². The lowest BCUT2D eigenvalue weighted by molar-refractivity contribution is -0.118. The summed E-state index contributed by atoms with van der Waals surface area (Å²) in [6.07, 6.45) is 1.98. The van der Waals surface area contributed by atoms with E-state index in [2.05, 4.69) is 5.32 Å². The van der Waals surface area contributed by atoms with Gasteiger partial charge in [0.25, 0.3) is 5.91 Å². The number of anilines is 1. The Kier molecular flexibility index (Phi) is 5.79. The highest BCUT2D eigenvalue weighted by atomic mass is 35.5. The van der Waals surface area contributed by atoms with E-state index in [1.54, 1.807) is 30.0 Å². The number of carbonyl (C=O) groups excluding carboxylic acids is 1. The average Bonchev–Trinajstić information content (AvgIpc) is 2.48. The van der Waals surface area contributed by atoms with E-state index in [1.165, 1.54) is 0 Å². The van der Waals surface area contributed by atoms with Gasteiger partial charge in [0.2, 0.25) is 0 Å². The van der Waals surface area contributed by atoms with Crippen molar-refractivity contribution in [2.24, 2.45) is 0 Å². The molecule has 6 heteroatoms. The number of nitrogens with one attached hydrogen (secondary N) is 1. The van der Waals surface area contributed by atoms with Gasteiger partial charge in [-0.25, -0.2) is 0 Å². The Balaban J connectivity index is 1.90. The highest BCUT2D eigenvalue weighted by Crippen LogP contribution is 2.26. The molecule has 0 aliphatic rings. The minimum atomic E-state index is -0.237. The van der Waals surface area contributed by atoms with E-state index < -0.39 is 0 Å². The van der Waals surface area contributed by atoms with E-state index in [0.717, 1.165) is 10.6 Å². The molecule has 0 aliphatic heterocycles. The van der Waals surface area contributed by atoms with Crippen molar-refractivity contribution < 1.29 is 9.53 Å². The van der Waals surface area contributed by atoms with Gasteiger partial charge in [-0.15, -0.1) is 11.8 Å². The van der Waals surface area contributed by atoms with Crippen LogP contribution in [0.25, 0.3) is 0 Å². The van der Waals surface area contributed by atoms with E-state index >= 15 is 0 Å². The lowest BCUT2D eigenvalue weighted by atomic mass is 10.3. The molecule has 0 atom stereocenters. The average molecular weight is 342 g/mol. The van der Waals surface area contributed by atoms with Crippen LogP contribution >= 0.6 is 35.0 Å². The number of halogens is 2. The summed E-state index contributed by atoms with van der Waals surface area (Å²) in [6.45, 7) is -0.0958. The summed E-state index contributed by atoms with van der Waals surface area (Å²) >= 11 is 13.3. The first-order chi connectivity index (χ1) is 10.1. The summed E-state index contributed by atoms with van der Waals surface area (Å²) in [5.41, 5.74) is 0.740. The second-order valence-electron chi connectivity index (χ2n) is 4.14. The molecule has 0 saturated heterocycles. The minimum absolute atomic E-state index is 0.0958. The van der Waals surface area contributed by atoms with Gasteiger partial charge < -0.3 is 10.1 Å². The number of ether oxygens (including phenoxy) is 1. The topological polar surface area (TPSA) is 38.3 Å². The number of benzene rings is 2. The normalized spacial score (nSPS) is 10.2. The fourth-order valence-electron chi connectivity index (χ4n) is 1.61. The molecule has 110 valence electrons. The third-order valence-corrected chi connectivity index (χ3v) is 4.08. The molecule has 3 nitrogen and oxygen atoms in total. The first-order valence-electron chi connectivity index (χ1n) is 6.10. The molecule has 2 rings (SSSR count). The van der Waals surface area contributed by atoms with Gasteiger partial charge in [0.05, 0.1) is 10.0 Å². The van der Waals surface area contributed by atoms with Gasteiger partial charge in [-0.2, -0.15) is 0 Å². The van der Waals surface area contributed by atoms with E-state index in [4.69, 9.17) is 27.9 Å². The Bertz CT molecular complexity index is 649. The summed E-state index contributed by atoms with van der Waals surface area (Å²) in [5.74, 6) is 0.261. The molecule has 1 N–H and O–H groups in total. The highest BCUT2D eigenvalue weighted by Gasteiger charge is 2.06. The van der Waals surface area contributed by atoms with Crippen LogP contribution in [-0.2, 0) is 4.79 Å². The second kappa shape index (κ2) is 7.59. The predicted molar refractivity (Wildman–Crippen MR) is 88.8 cm³/mol. The molecule has 0 unspecified atom stereocenters. The Morgan fingerprint density at radius 3 is 2.71 bits per heavy atom. The van der Waals surface area contributed by atoms with Gasteiger partial charge in [-0.3, -0.25) is 4.79 Å². The van der Waals surface area contributed by atoms with Crippen LogP contribution in [-0.4, -0.2) is 18.8 Å². The van der Waals surface area contributed by atoms with Gasteiger partial charge in [0.15, 0.2) is 6.61 Å². The molecule has 0 saturated carbocycles. The molecule has 21 heavy (non-hydrogen) atoms. The smallest absolute Gasteiger partial charge is 0.262 e. The van der Waals surface area contributed by atoms with E-state index in [0.29, 0.717) is 15.8 Å². The van der Waals surface area contributed by atoms with Gasteiger partial charge >= 0.3 is 0 Å². The molecule has 1 amide bonds. The van der Waals surface area contributed by atoms with Gasteiger partial charge in [0.1, 0.15) is 5.75 Å². The Labute approximate surface area is 137 Å². The molecule has 0 aromatic heterocycles. The maximum atomic E-state index is 11.8. The van der Waals surface area contributed by atoms with Crippen LogP contribution < -0.4 is 10.1 Å². The molecule has 0 bridgehead atoms. The molecule has 0 spiro atoms. The van der Waals surface area contributed by atoms with Crippen molar-refractivity contribution >= 4 is 46.6 Å². The summed E-state index contributed by atoms with van der Waals surface area (Å²) < 4.78 is 5.37. The molecular weight excluding hydrogens is 329 g/mol. The Morgan fingerprint density at radius 2 is 2.00 bits per heavy atom. The fourth-order valence-corrected chi connectivity index (χ4v) is 2.36. The van der Waals surface area contributed by atoms with Crippen molar-refractivity contribution in [1.29, 1.82) is 0 Å². The summed E-state index contributed by atoms with van der Waals surface area (Å²) in [4.78, 5) is 12.9. The quantitative estimate of drug-likeness (QED) is 0.798. The van der Waals surface area contributed by atoms with Crippen molar-refractivity contribution in [1.82, 2.24) is 0 Å². The number of hydrogen-bond donors (Lipinski definition) is 1.